The van der Waals surface area contributed by atoms with Crippen LogP contribution in [0.5, 0.6) is 0 Å². The van der Waals surface area contributed by atoms with Crippen LogP contribution < -0.4 is 10.5 Å². The molecule has 0 saturated heterocycles. The Morgan fingerprint density at radius 2 is 2.16 bits per heavy atom. The third kappa shape index (κ3) is 2.55. The van der Waals surface area contributed by atoms with Gasteiger partial charge in [0, 0.05) is 5.56 Å². The van der Waals surface area contributed by atoms with Crippen molar-refractivity contribution in [3.63, 3.8) is 0 Å². The number of rotatable bonds is 4. The second kappa shape index (κ2) is 4.93. The first-order valence-electron chi connectivity index (χ1n) is 5.86. The largest absolute Gasteiger partial charge is 0.398 e. The summed E-state index contributed by atoms with van der Waals surface area (Å²) in [6.07, 6.45) is 2.27. The minimum atomic E-state index is -3.72. The topological polar surface area (TPSA) is 101 Å². The zero-order valence-corrected chi connectivity index (χ0v) is 11.6. The number of sulfonamides is 1. The molecule has 102 valence electrons. The quantitative estimate of drug-likeness (QED) is 0.741. The van der Waals surface area contributed by atoms with E-state index in [1.54, 1.807) is 31.3 Å². The first kappa shape index (κ1) is 13.4. The summed E-state index contributed by atoms with van der Waals surface area (Å²) in [7, 11) is -3.72. The molecular weight excluding hydrogens is 264 g/mol. The van der Waals surface area contributed by atoms with Crippen molar-refractivity contribution < 1.29 is 8.42 Å². The van der Waals surface area contributed by atoms with Gasteiger partial charge in [-0.15, -0.1) is 0 Å². The molecular formula is C12H16N4O2S. The van der Waals surface area contributed by atoms with Crippen LogP contribution in [-0.4, -0.2) is 18.6 Å². The van der Waals surface area contributed by atoms with Crippen LogP contribution in [0.3, 0.4) is 0 Å². The van der Waals surface area contributed by atoms with Crippen molar-refractivity contribution in [2.75, 3.05) is 10.5 Å². The van der Waals surface area contributed by atoms with E-state index in [1.807, 2.05) is 6.92 Å². The number of aromatic amines is 1. The fourth-order valence-corrected chi connectivity index (χ4v) is 3.31. The summed E-state index contributed by atoms with van der Waals surface area (Å²) in [5.41, 5.74) is 7.39. The van der Waals surface area contributed by atoms with E-state index in [2.05, 4.69) is 14.9 Å². The van der Waals surface area contributed by atoms with Gasteiger partial charge in [0.25, 0.3) is 10.0 Å². The van der Waals surface area contributed by atoms with Gasteiger partial charge in [0.15, 0.2) is 0 Å². The van der Waals surface area contributed by atoms with Gasteiger partial charge in [-0.25, -0.2) is 8.42 Å². The van der Waals surface area contributed by atoms with Crippen molar-refractivity contribution in [3.8, 4) is 0 Å². The first-order chi connectivity index (χ1) is 8.95. The molecule has 0 unspecified atom stereocenters. The number of aryl methyl sites for hydroxylation is 2. The molecule has 0 aliphatic carbocycles. The molecule has 0 fully saturated rings. The Morgan fingerprint density at radius 1 is 1.42 bits per heavy atom. The number of nitrogen functional groups attached to an aromatic ring is 1. The van der Waals surface area contributed by atoms with Crippen molar-refractivity contribution >= 4 is 21.5 Å². The third-order valence-electron chi connectivity index (χ3n) is 2.85. The fourth-order valence-electron chi connectivity index (χ4n) is 1.90. The number of aromatic nitrogens is 2. The molecule has 4 N–H and O–H groups in total. The van der Waals surface area contributed by atoms with Gasteiger partial charge in [-0.05, 0) is 25.0 Å². The highest BCUT2D eigenvalue weighted by molar-refractivity contribution is 7.93. The van der Waals surface area contributed by atoms with Gasteiger partial charge in [0.2, 0.25) is 0 Å². The summed E-state index contributed by atoms with van der Waals surface area (Å²) < 4.78 is 27.2. The predicted octanol–water partition coefficient (Wildman–Crippen LogP) is 1.66. The number of hydrogen-bond acceptors (Lipinski definition) is 4. The molecule has 0 aliphatic heterocycles. The zero-order valence-electron chi connectivity index (χ0n) is 10.8. The molecule has 1 aromatic heterocycles. The lowest BCUT2D eigenvalue weighted by molar-refractivity contribution is 0.600. The number of nitrogens with zero attached hydrogens (tertiary/aromatic N) is 1. The second-order valence-electron chi connectivity index (χ2n) is 4.22. The van der Waals surface area contributed by atoms with E-state index >= 15 is 0 Å². The van der Waals surface area contributed by atoms with Gasteiger partial charge >= 0.3 is 0 Å². The van der Waals surface area contributed by atoms with Gasteiger partial charge in [-0.2, -0.15) is 5.10 Å². The van der Waals surface area contributed by atoms with Crippen LogP contribution in [0.15, 0.2) is 29.3 Å². The Hall–Kier alpha value is -2.02. The van der Waals surface area contributed by atoms with Crippen molar-refractivity contribution in [2.45, 2.75) is 25.2 Å². The monoisotopic (exact) mass is 280 g/mol. The van der Waals surface area contributed by atoms with E-state index in [9.17, 15) is 8.42 Å². The predicted molar refractivity (Wildman–Crippen MR) is 74.4 cm³/mol. The van der Waals surface area contributed by atoms with Gasteiger partial charge in [-0.3, -0.25) is 9.82 Å². The number of nitrogens with one attached hydrogen (secondary N) is 2. The maximum atomic E-state index is 12.4. The minimum absolute atomic E-state index is 0.103. The van der Waals surface area contributed by atoms with Crippen LogP contribution in [-0.2, 0) is 16.4 Å². The molecule has 7 heteroatoms. The Bertz CT molecular complexity index is 671. The Balaban J connectivity index is 2.44. The van der Waals surface area contributed by atoms with Gasteiger partial charge < -0.3 is 5.73 Å². The molecule has 2 aromatic rings. The van der Waals surface area contributed by atoms with Crippen LogP contribution >= 0.6 is 0 Å². The van der Waals surface area contributed by atoms with E-state index in [0.29, 0.717) is 17.8 Å². The van der Waals surface area contributed by atoms with E-state index in [1.165, 1.54) is 0 Å². The molecule has 0 bridgehead atoms. The summed E-state index contributed by atoms with van der Waals surface area (Å²) in [5.74, 6) is 0.380. The lowest BCUT2D eigenvalue weighted by atomic mass is 10.2. The molecule has 0 saturated carbocycles. The molecule has 0 amide bonds. The van der Waals surface area contributed by atoms with Gasteiger partial charge in [0.1, 0.15) is 10.7 Å². The van der Waals surface area contributed by atoms with E-state index < -0.39 is 10.0 Å². The number of benzene rings is 1. The number of H-pyrrole nitrogens is 1. The van der Waals surface area contributed by atoms with Gasteiger partial charge in [0.05, 0.1) is 11.9 Å². The van der Waals surface area contributed by atoms with E-state index in [0.717, 1.165) is 5.56 Å². The van der Waals surface area contributed by atoms with Crippen molar-refractivity contribution in [1.29, 1.82) is 0 Å². The Kier molecular flexibility index (Phi) is 3.48. The summed E-state index contributed by atoms with van der Waals surface area (Å²) in [5, 5.41) is 6.47. The number of nitrogens with two attached hydrogens (primary N) is 1. The lowest BCUT2D eigenvalue weighted by Gasteiger charge is -2.12. The first-order valence-corrected chi connectivity index (χ1v) is 7.34. The standard InChI is InChI=1S/C12H16N4O2S/c1-3-9-7-14-15-12(9)16-19(17,18)11-8(2)5-4-6-10(11)13/h4-7H,3,13H2,1-2H3,(H2,14,15,16). The highest BCUT2D eigenvalue weighted by atomic mass is 32.2. The molecule has 0 atom stereocenters. The summed E-state index contributed by atoms with van der Waals surface area (Å²) in [6.45, 7) is 3.63. The summed E-state index contributed by atoms with van der Waals surface area (Å²) in [4.78, 5) is 0.103. The SMILES string of the molecule is CCc1cn[nH]c1NS(=O)(=O)c1c(C)cccc1N. The second-order valence-corrected chi connectivity index (χ2v) is 5.84. The summed E-state index contributed by atoms with van der Waals surface area (Å²) >= 11 is 0. The molecule has 19 heavy (non-hydrogen) atoms. The molecule has 2 rings (SSSR count). The number of anilines is 2. The Labute approximate surface area is 112 Å². The minimum Gasteiger partial charge on any atom is -0.398 e. The molecule has 0 spiro atoms. The van der Waals surface area contributed by atoms with Crippen LogP contribution in [0.4, 0.5) is 11.5 Å². The maximum Gasteiger partial charge on any atom is 0.265 e. The smallest absolute Gasteiger partial charge is 0.265 e. The van der Waals surface area contributed by atoms with Crippen molar-refractivity contribution in [3.05, 3.63) is 35.5 Å². The van der Waals surface area contributed by atoms with Crippen molar-refractivity contribution in [1.82, 2.24) is 10.2 Å². The zero-order chi connectivity index (χ0) is 14.0. The van der Waals surface area contributed by atoms with E-state index in [-0.39, 0.29) is 10.6 Å². The highest BCUT2D eigenvalue weighted by Gasteiger charge is 2.21. The van der Waals surface area contributed by atoms with Gasteiger partial charge in [-0.1, -0.05) is 19.1 Å². The highest BCUT2D eigenvalue weighted by Crippen LogP contribution is 2.25. The third-order valence-corrected chi connectivity index (χ3v) is 4.41. The lowest BCUT2D eigenvalue weighted by Crippen LogP contribution is -2.17. The fraction of sp³-hybridized carbons (Fsp3) is 0.250. The maximum absolute atomic E-state index is 12.4. The molecule has 0 radical (unpaired) electrons. The number of hydrogen-bond donors (Lipinski definition) is 3. The summed E-state index contributed by atoms with van der Waals surface area (Å²) in [6, 6.07) is 4.99. The molecule has 1 heterocycles. The van der Waals surface area contributed by atoms with Crippen LogP contribution in [0.2, 0.25) is 0 Å². The van der Waals surface area contributed by atoms with E-state index in [4.69, 9.17) is 5.73 Å². The normalized spacial score (nSPS) is 11.5. The van der Waals surface area contributed by atoms with Crippen LogP contribution in [0, 0.1) is 6.92 Å². The van der Waals surface area contributed by atoms with Crippen LogP contribution in [0.1, 0.15) is 18.1 Å². The van der Waals surface area contributed by atoms with Crippen molar-refractivity contribution in [2.24, 2.45) is 0 Å². The Morgan fingerprint density at radius 3 is 2.79 bits per heavy atom. The molecule has 6 nitrogen and oxygen atoms in total. The van der Waals surface area contributed by atoms with Crippen LogP contribution in [0.25, 0.3) is 0 Å². The molecule has 1 aromatic carbocycles. The average molecular weight is 280 g/mol. The average Bonchev–Trinajstić information content (AvgIpc) is 2.74. The molecule has 0 aliphatic rings.